The van der Waals surface area contributed by atoms with Crippen LogP contribution >= 0.6 is 0 Å². The number of rotatable bonds is 3. The average Bonchev–Trinajstić information content (AvgIpc) is 3.22. The van der Waals surface area contributed by atoms with Gasteiger partial charge in [0.15, 0.2) is 5.58 Å². The first-order valence-corrected chi connectivity index (χ1v) is 7.82. The molecule has 1 atom stereocenters. The van der Waals surface area contributed by atoms with Crippen LogP contribution in [0.25, 0.3) is 11.1 Å². The minimum absolute atomic E-state index is 0.208. The van der Waals surface area contributed by atoms with Crippen molar-refractivity contribution in [2.24, 2.45) is 0 Å². The Labute approximate surface area is 133 Å². The second kappa shape index (κ2) is 5.57. The number of hydrogen-bond donors (Lipinski definition) is 0. The topological polar surface area (TPSA) is 71.4 Å². The zero-order valence-electron chi connectivity index (χ0n) is 13.3. The van der Waals surface area contributed by atoms with Crippen LogP contribution in [0.15, 0.2) is 33.2 Å². The molecule has 1 unspecified atom stereocenters. The third kappa shape index (κ3) is 2.62. The summed E-state index contributed by atoms with van der Waals surface area (Å²) in [6.45, 7) is 1.71. The van der Waals surface area contributed by atoms with E-state index in [0.717, 1.165) is 37.0 Å². The molecule has 7 heteroatoms. The summed E-state index contributed by atoms with van der Waals surface area (Å²) in [6.07, 6.45) is 2.08. The maximum atomic E-state index is 5.88. The fraction of sp³-hybridized carbons (Fsp3) is 0.438. The summed E-state index contributed by atoms with van der Waals surface area (Å²) < 4.78 is 11.3. The molecule has 2 aromatic heterocycles. The minimum Gasteiger partial charge on any atom is -0.423 e. The van der Waals surface area contributed by atoms with E-state index >= 15 is 0 Å². The average molecular weight is 313 g/mol. The highest BCUT2D eigenvalue weighted by atomic mass is 16.5. The number of oxazole rings is 1. The number of piperidine rings is 1. The van der Waals surface area contributed by atoms with Gasteiger partial charge in [-0.25, -0.2) is 0 Å². The second-order valence-electron chi connectivity index (χ2n) is 6.08. The predicted octanol–water partition coefficient (Wildman–Crippen LogP) is 2.66. The molecule has 0 radical (unpaired) electrons. The lowest BCUT2D eigenvalue weighted by Crippen LogP contribution is -2.34. The van der Waals surface area contributed by atoms with Crippen LogP contribution < -0.4 is 9.80 Å². The zero-order valence-corrected chi connectivity index (χ0v) is 13.3. The van der Waals surface area contributed by atoms with E-state index in [0.29, 0.717) is 17.9 Å². The van der Waals surface area contributed by atoms with Crippen molar-refractivity contribution in [2.45, 2.75) is 18.8 Å². The van der Waals surface area contributed by atoms with Crippen molar-refractivity contribution in [3.63, 3.8) is 0 Å². The number of nitrogens with zero attached hydrogens (tertiary/aromatic N) is 5. The fourth-order valence-electron chi connectivity index (χ4n) is 2.92. The van der Waals surface area contributed by atoms with Gasteiger partial charge in [0.2, 0.25) is 5.89 Å². The van der Waals surface area contributed by atoms with E-state index in [2.05, 4.69) is 20.0 Å². The van der Waals surface area contributed by atoms with Crippen molar-refractivity contribution >= 4 is 23.1 Å². The number of aromatic nitrogens is 3. The maximum Gasteiger partial charge on any atom is 0.298 e. The van der Waals surface area contributed by atoms with Crippen molar-refractivity contribution in [1.82, 2.24) is 15.1 Å². The van der Waals surface area contributed by atoms with E-state index in [4.69, 9.17) is 8.94 Å². The number of fused-ring (bicyclic) bond motifs is 1. The first-order chi connectivity index (χ1) is 11.2. The van der Waals surface area contributed by atoms with E-state index in [1.165, 1.54) is 0 Å². The molecule has 0 spiro atoms. The molecule has 1 aliphatic heterocycles. The first-order valence-electron chi connectivity index (χ1n) is 7.82. The van der Waals surface area contributed by atoms with Gasteiger partial charge < -0.3 is 18.7 Å². The molecule has 1 saturated heterocycles. The Balaban J connectivity index is 1.56. The van der Waals surface area contributed by atoms with Crippen LogP contribution in [0.2, 0.25) is 0 Å². The molecule has 0 bridgehead atoms. The van der Waals surface area contributed by atoms with Crippen molar-refractivity contribution in [3.05, 3.63) is 30.2 Å². The molecular formula is C16H19N5O2. The van der Waals surface area contributed by atoms with Crippen LogP contribution in [-0.4, -0.2) is 42.3 Å². The summed E-state index contributed by atoms with van der Waals surface area (Å²) in [5, 5.41) is 4.01. The Morgan fingerprint density at radius 2 is 2.09 bits per heavy atom. The lowest BCUT2D eigenvalue weighted by Gasteiger charge is -2.29. The maximum absolute atomic E-state index is 5.88. The molecule has 0 N–H and O–H groups in total. The highest BCUT2D eigenvalue weighted by Crippen LogP contribution is 2.31. The Hall–Kier alpha value is -2.57. The lowest BCUT2D eigenvalue weighted by molar-refractivity contribution is 0.329. The van der Waals surface area contributed by atoms with Crippen LogP contribution in [0.1, 0.15) is 24.7 Å². The minimum atomic E-state index is 0.208. The quantitative estimate of drug-likeness (QED) is 0.736. The molecule has 3 heterocycles. The molecule has 1 aliphatic rings. The standard InChI is InChI=1S/C16H19N5O2/c1-20(2)15-18-14(23-19-15)11-6-5-9-21(10-11)16-17-12-7-3-4-8-13(12)22-16/h3-4,7-8,11H,5-6,9-10H2,1-2H3. The number of benzene rings is 1. The van der Waals surface area contributed by atoms with E-state index in [9.17, 15) is 0 Å². The van der Waals surface area contributed by atoms with Gasteiger partial charge in [-0.15, -0.1) is 0 Å². The normalized spacial score (nSPS) is 18.5. The molecular weight excluding hydrogens is 294 g/mol. The highest BCUT2D eigenvalue weighted by Gasteiger charge is 2.28. The molecule has 120 valence electrons. The Morgan fingerprint density at radius 3 is 2.87 bits per heavy atom. The van der Waals surface area contributed by atoms with Crippen LogP contribution in [0.4, 0.5) is 12.0 Å². The van der Waals surface area contributed by atoms with Crippen molar-refractivity contribution in [1.29, 1.82) is 0 Å². The Kier molecular flexibility index (Phi) is 3.40. The van der Waals surface area contributed by atoms with Gasteiger partial charge in [-0.05, 0) is 30.1 Å². The van der Waals surface area contributed by atoms with E-state index < -0.39 is 0 Å². The van der Waals surface area contributed by atoms with Gasteiger partial charge in [0.25, 0.3) is 12.0 Å². The third-order valence-corrected chi connectivity index (χ3v) is 4.15. The molecule has 0 amide bonds. The molecule has 1 aromatic carbocycles. The summed E-state index contributed by atoms with van der Waals surface area (Å²) in [6, 6.07) is 8.50. The van der Waals surface area contributed by atoms with Crippen LogP contribution in [0.3, 0.4) is 0 Å². The van der Waals surface area contributed by atoms with Gasteiger partial charge in [0.05, 0.1) is 5.92 Å². The smallest absolute Gasteiger partial charge is 0.298 e. The zero-order chi connectivity index (χ0) is 15.8. The Morgan fingerprint density at radius 1 is 1.22 bits per heavy atom. The SMILES string of the molecule is CN(C)c1noc(C2CCCN(c3nc4ccccc4o3)C2)n1. The number of hydrogen-bond acceptors (Lipinski definition) is 7. The molecule has 1 fully saturated rings. The lowest BCUT2D eigenvalue weighted by atomic mass is 9.98. The summed E-state index contributed by atoms with van der Waals surface area (Å²) >= 11 is 0. The highest BCUT2D eigenvalue weighted by molar-refractivity contribution is 5.74. The van der Waals surface area contributed by atoms with Crippen molar-refractivity contribution in [3.8, 4) is 0 Å². The van der Waals surface area contributed by atoms with E-state index in [1.54, 1.807) is 0 Å². The molecule has 3 aromatic rings. The molecule has 0 saturated carbocycles. The van der Waals surface area contributed by atoms with E-state index in [-0.39, 0.29) is 5.92 Å². The monoisotopic (exact) mass is 313 g/mol. The third-order valence-electron chi connectivity index (χ3n) is 4.15. The van der Waals surface area contributed by atoms with Gasteiger partial charge in [0.1, 0.15) is 5.52 Å². The van der Waals surface area contributed by atoms with E-state index in [1.807, 2.05) is 43.3 Å². The molecule has 7 nitrogen and oxygen atoms in total. The summed E-state index contributed by atoms with van der Waals surface area (Å²) in [7, 11) is 3.81. The van der Waals surface area contributed by atoms with Crippen LogP contribution in [-0.2, 0) is 0 Å². The van der Waals surface area contributed by atoms with Crippen LogP contribution in [0, 0.1) is 0 Å². The fourth-order valence-corrected chi connectivity index (χ4v) is 2.92. The molecule has 23 heavy (non-hydrogen) atoms. The summed E-state index contributed by atoms with van der Waals surface area (Å²) in [5.41, 5.74) is 1.70. The van der Waals surface area contributed by atoms with Gasteiger partial charge in [-0.2, -0.15) is 9.97 Å². The molecule has 0 aliphatic carbocycles. The second-order valence-corrected chi connectivity index (χ2v) is 6.08. The molecule has 4 rings (SSSR count). The van der Waals surface area contributed by atoms with Gasteiger partial charge >= 0.3 is 0 Å². The van der Waals surface area contributed by atoms with Gasteiger partial charge in [-0.3, -0.25) is 0 Å². The van der Waals surface area contributed by atoms with Gasteiger partial charge in [0, 0.05) is 27.2 Å². The Bertz CT molecular complexity index is 777. The van der Waals surface area contributed by atoms with Crippen molar-refractivity contribution < 1.29 is 8.94 Å². The number of anilines is 2. The van der Waals surface area contributed by atoms with Crippen molar-refractivity contribution in [2.75, 3.05) is 37.0 Å². The summed E-state index contributed by atoms with van der Waals surface area (Å²) in [4.78, 5) is 13.1. The summed E-state index contributed by atoms with van der Waals surface area (Å²) in [5.74, 6) is 1.51. The van der Waals surface area contributed by atoms with Crippen LogP contribution in [0.5, 0.6) is 0 Å². The first kappa shape index (κ1) is 14.0. The predicted molar refractivity (Wildman–Crippen MR) is 86.8 cm³/mol. The largest absolute Gasteiger partial charge is 0.423 e. The number of para-hydroxylation sites is 2. The van der Waals surface area contributed by atoms with Gasteiger partial charge in [-0.1, -0.05) is 12.1 Å².